The van der Waals surface area contributed by atoms with E-state index in [2.05, 4.69) is 30.3 Å². The van der Waals surface area contributed by atoms with Gasteiger partial charge in [0.05, 0.1) is 6.42 Å². The standard InChI is InChI=1S/C21H30O2/c1-20(2,3)23-19(22)15-21(13-16-9-5-4-6-10-16)14-17-11-7-8-12-18(17)21/h4-6,9-10,17-18H,7-8,11-15H2,1-3H3/t17-,18-,21-/m0/s1. The summed E-state index contributed by atoms with van der Waals surface area (Å²) >= 11 is 0. The van der Waals surface area contributed by atoms with Crippen LogP contribution >= 0.6 is 0 Å². The Balaban J connectivity index is 1.76. The number of carbonyl (C=O) groups is 1. The van der Waals surface area contributed by atoms with Gasteiger partial charge in [-0.25, -0.2) is 0 Å². The molecule has 0 aliphatic heterocycles. The minimum absolute atomic E-state index is 0.0162. The van der Waals surface area contributed by atoms with Crippen molar-refractivity contribution in [1.82, 2.24) is 0 Å². The number of rotatable bonds is 4. The normalized spacial score (nSPS) is 30.2. The van der Waals surface area contributed by atoms with Crippen molar-refractivity contribution in [3.63, 3.8) is 0 Å². The Morgan fingerprint density at radius 2 is 1.87 bits per heavy atom. The first kappa shape index (κ1) is 16.5. The van der Waals surface area contributed by atoms with E-state index in [1.54, 1.807) is 0 Å². The van der Waals surface area contributed by atoms with Crippen LogP contribution in [0.4, 0.5) is 0 Å². The molecule has 1 aromatic rings. The highest BCUT2D eigenvalue weighted by Crippen LogP contribution is 2.60. The fourth-order valence-electron chi connectivity index (χ4n) is 4.91. The SMILES string of the molecule is CC(C)(C)OC(=O)C[C@]1(Cc2ccccc2)C[C@@H]2CCCC[C@@H]21. The number of benzene rings is 1. The number of fused-ring (bicyclic) bond motifs is 1. The third-order valence-electron chi connectivity index (χ3n) is 5.68. The molecule has 2 nitrogen and oxygen atoms in total. The van der Waals surface area contributed by atoms with E-state index in [4.69, 9.17) is 4.74 Å². The first-order chi connectivity index (χ1) is 10.9. The minimum Gasteiger partial charge on any atom is -0.460 e. The summed E-state index contributed by atoms with van der Waals surface area (Å²) in [5, 5.41) is 0. The van der Waals surface area contributed by atoms with E-state index < -0.39 is 0 Å². The average Bonchev–Trinajstić information content (AvgIpc) is 2.45. The van der Waals surface area contributed by atoms with Gasteiger partial charge in [-0.1, -0.05) is 49.6 Å². The third-order valence-corrected chi connectivity index (χ3v) is 5.68. The predicted octanol–water partition coefficient (Wildman–Crippen LogP) is 5.16. The van der Waals surface area contributed by atoms with Gasteiger partial charge in [-0.3, -0.25) is 4.79 Å². The number of ether oxygens (including phenoxy) is 1. The molecule has 23 heavy (non-hydrogen) atoms. The molecule has 0 aromatic heterocycles. The molecule has 2 aliphatic rings. The lowest BCUT2D eigenvalue weighted by Crippen LogP contribution is -2.52. The van der Waals surface area contributed by atoms with Gasteiger partial charge in [-0.2, -0.15) is 0 Å². The topological polar surface area (TPSA) is 26.3 Å². The smallest absolute Gasteiger partial charge is 0.306 e. The van der Waals surface area contributed by atoms with Crippen LogP contribution in [-0.4, -0.2) is 11.6 Å². The zero-order valence-electron chi connectivity index (χ0n) is 14.8. The molecule has 0 unspecified atom stereocenters. The molecule has 3 rings (SSSR count). The van der Waals surface area contributed by atoms with Gasteiger partial charge in [0, 0.05) is 0 Å². The summed E-state index contributed by atoms with van der Waals surface area (Å²) in [6, 6.07) is 10.7. The molecule has 0 radical (unpaired) electrons. The van der Waals surface area contributed by atoms with Gasteiger partial charge in [0.25, 0.3) is 0 Å². The lowest BCUT2D eigenvalue weighted by atomic mass is 9.47. The molecule has 2 heteroatoms. The maximum Gasteiger partial charge on any atom is 0.306 e. The highest BCUT2D eigenvalue weighted by atomic mass is 16.6. The summed E-state index contributed by atoms with van der Waals surface area (Å²) in [5.74, 6) is 1.54. The Labute approximate surface area is 140 Å². The van der Waals surface area contributed by atoms with Crippen LogP contribution in [0.3, 0.4) is 0 Å². The largest absolute Gasteiger partial charge is 0.460 e. The predicted molar refractivity (Wildman–Crippen MR) is 93.1 cm³/mol. The van der Waals surface area contributed by atoms with E-state index in [-0.39, 0.29) is 17.0 Å². The lowest BCUT2D eigenvalue weighted by molar-refractivity contribution is -0.166. The van der Waals surface area contributed by atoms with Crippen LogP contribution < -0.4 is 0 Å². The quantitative estimate of drug-likeness (QED) is 0.718. The second-order valence-corrected chi connectivity index (χ2v) is 8.64. The highest BCUT2D eigenvalue weighted by Gasteiger charge is 2.54. The van der Waals surface area contributed by atoms with Crippen molar-refractivity contribution >= 4 is 5.97 Å². The number of esters is 1. The van der Waals surface area contributed by atoms with E-state index in [1.165, 1.54) is 37.7 Å². The molecule has 2 saturated carbocycles. The summed E-state index contributed by atoms with van der Waals surface area (Å²) in [5.41, 5.74) is 1.11. The van der Waals surface area contributed by atoms with Crippen LogP contribution in [0.2, 0.25) is 0 Å². The lowest BCUT2D eigenvalue weighted by Gasteiger charge is -2.58. The Morgan fingerprint density at radius 1 is 1.17 bits per heavy atom. The summed E-state index contributed by atoms with van der Waals surface area (Å²) in [6.07, 6.45) is 8.15. The molecule has 2 aliphatic carbocycles. The van der Waals surface area contributed by atoms with Crippen molar-refractivity contribution < 1.29 is 9.53 Å². The first-order valence-electron chi connectivity index (χ1n) is 9.14. The van der Waals surface area contributed by atoms with E-state index in [0.717, 1.165) is 12.3 Å². The molecule has 1 aromatic carbocycles. The van der Waals surface area contributed by atoms with Crippen LogP contribution in [0.15, 0.2) is 30.3 Å². The molecule has 0 saturated heterocycles. The highest BCUT2D eigenvalue weighted by molar-refractivity contribution is 5.71. The van der Waals surface area contributed by atoms with Crippen LogP contribution in [0.1, 0.15) is 64.9 Å². The van der Waals surface area contributed by atoms with Crippen molar-refractivity contribution in [2.24, 2.45) is 17.3 Å². The molecule has 0 amide bonds. The van der Waals surface area contributed by atoms with Crippen molar-refractivity contribution in [2.75, 3.05) is 0 Å². The number of hydrogen-bond acceptors (Lipinski definition) is 2. The molecule has 126 valence electrons. The summed E-state index contributed by atoms with van der Waals surface area (Å²) in [7, 11) is 0. The van der Waals surface area contributed by atoms with E-state index >= 15 is 0 Å². The minimum atomic E-state index is -0.388. The average molecular weight is 314 g/mol. The third kappa shape index (κ3) is 3.79. The van der Waals surface area contributed by atoms with Crippen LogP contribution in [-0.2, 0) is 16.0 Å². The Hall–Kier alpha value is -1.31. The Bertz CT molecular complexity index is 543. The number of carbonyl (C=O) groups excluding carboxylic acids is 1. The summed E-state index contributed by atoms with van der Waals surface area (Å²) < 4.78 is 5.65. The van der Waals surface area contributed by atoms with Crippen LogP contribution in [0.5, 0.6) is 0 Å². The molecule has 0 bridgehead atoms. The summed E-state index contributed by atoms with van der Waals surface area (Å²) in [4.78, 5) is 12.5. The zero-order valence-corrected chi connectivity index (χ0v) is 14.8. The van der Waals surface area contributed by atoms with Gasteiger partial charge in [0.1, 0.15) is 5.60 Å². The van der Waals surface area contributed by atoms with Gasteiger partial charge in [0.2, 0.25) is 0 Å². The van der Waals surface area contributed by atoms with E-state index in [9.17, 15) is 4.79 Å². The maximum absolute atomic E-state index is 12.5. The Morgan fingerprint density at radius 3 is 2.52 bits per heavy atom. The van der Waals surface area contributed by atoms with Crippen LogP contribution in [0, 0.1) is 17.3 Å². The van der Waals surface area contributed by atoms with Gasteiger partial charge < -0.3 is 4.74 Å². The van der Waals surface area contributed by atoms with Gasteiger partial charge in [0.15, 0.2) is 0 Å². The monoisotopic (exact) mass is 314 g/mol. The van der Waals surface area contributed by atoms with Crippen molar-refractivity contribution in [3.05, 3.63) is 35.9 Å². The van der Waals surface area contributed by atoms with Gasteiger partial charge in [-0.05, 0) is 62.8 Å². The van der Waals surface area contributed by atoms with Crippen molar-refractivity contribution in [1.29, 1.82) is 0 Å². The molecule has 2 fully saturated rings. The van der Waals surface area contributed by atoms with Gasteiger partial charge in [-0.15, -0.1) is 0 Å². The summed E-state index contributed by atoms with van der Waals surface area (Å²) in [6.45, 7) is 5.87. The van der Waals surface area contributed by atoms with E-state index in [0.29, 0.717) is 12.3 Å². The van der Waals surface area contributed by atoms with E-state index in [1.807, 2.05) is 20.8 Å². The maximum atomic E-state index is 12.5. The molecular weight excluding hydrogens is 284 g/mol. The zero-order chi connectivity index (χ0) is 16.5. The van der Waals surface area contributed by atoms with Gasteiger partial charge >= 0.3 is 5.97 Å². The molecular formula is C21H30O2. The van der Waals surface area contributed by atoms with Crippen molar-refractivity contribution in [3.8, 4) is 0 Å². The number of hydrogen-bond donors (Lipinski definition) is 0. The molecule has 0 N–H and O–H groups in total. The molecule has 0 heterocycles. The Kier molecular flexibility index (Phi) is 4.53. The van der Waals surface area contributed by atoms with Crippen LogP contribution in [0.25, 0.3) is 0 Å². The van der Waals surface area contributed by atoms with Crippen molar-refractivity contribution in [2.45, 2.75) is 71.3 Å². The fraction of sp³-hybridized carbons (Fsp3) is 0.667. The first-order valence-corrected chi connectivity index (χ1v) is 9.14. The molecule has 0 spiro atoms. The molecule has 3 atom stereocenters. The second kappa shape index (κ2) is 6.30. The second-order valence-electron chi connectivity index (χ2n) is 8.64. The fourth-order valence-corrected chi connectivity index (χ4v) is 4.91.